The van der Waals surface area contributed by atoms with Crippen LogP contribution >= 0.6 is 0 Å². The number of nitrogens with one attached hydrogen (secondary N) is 2. The molecular weight excluding hydrogens is 438 g/mol. The van der Waals surface area contributed by atoms with Gasteiger partial charge in [0.05, 0.1) is 18.6 Å². The van der Waals surface area contributed by atoms with Gasteiger partial charge in [-0.15, -0.1) is 0 Å². The number of amides is 2. The number of anilines is 1. The molecule has 35 heavy (non-hydrogen) atoms. The molecule has 1 aromatic heterocycles. The molecule has 5 rings (SSSR count). The minimum Gasteiger partial charge on any atom is -0.383 e. The van der Waals surface area contributed by atoms with E-state index in [-0.39, 0.29) is 11.8 Å². The van der Waals surface area contributed by atoms with Crippen LogP contribution in [0, 0.1) is 0 Å². The van der Waals surface area contributed by atoms with Crippen molar-refractivity contribution in [1.29, 1.82) is 0 Å². The van der Waals surface area contributed by atoms with Crippen LogP contribution in [0.3, 0.4) is 0 Å². The first-order chi connectivity index (χ1) is 17.1. The van der Waals surface area contributed by atoms with E-state index in [1.165, 1.54) is 0 Å². The third-order valence-corrected chi connectivity index (χ3v) is 6.85. The molecule has 1 aliphatic rings. The van der Waals surface area contributed by atoms with Crippen molar-refractivity contribution >= 4 is 28.4 Å². The molecule has 2 N–H and O–H groups in total. The minimum atomic E-state index is -0.593. The Kier molecular flexibility index (Phi) is 6.38. The molecule has 0 saturated carbocycles. The lowest BCUT2D eigenvalue weighted by atomic mass is 9.79. The molecule has 0 radical (unpaired) electrons. The van der Waals surface area contributed by atoms with E-state index in [2.05, 4.69) is 17.2 Å². The second-order valence-corrected chi connectivity index (χ2v) is 8.79. The molecule has 1 aliphatic heterocycles. The third-order valence-electron chi connectivity index (χ3n) is 6.85. The second kappa shape index (κ2) is 9.76. The smallest absolute Gasteiger partial charge is 0.254 e. The highest BCUT2D eigenvalue weighted by atomic mass is 16.5. The summed E-state index contributed by atoms with van der Waals surface area (Å²) >= 11 is 0. The summed E-state index contributed by atoms with van der Waals surface area (Å²) in [6.45, 7) is 2.82. The Labute approximate surface area is 204 Å². The Morgan fingerprint density at radius 3 is 2.57 bits per heavy atom. The normalized spacial score (nSPS) is 17.4. The number of hydrogen-bond donors (Lipinski definition) is 2. The Bertz CT molecular complexity index is 1380. The van der Waals surface area contributed by atoms with Crippen LogP contribution in [0.25, 0.3) is 10.9 Å². The van der Waals surface area contributed by atoms with Gasteiger partial charge in [0, 0.05) is 47.6 Å². The Balaban J connectivity index is 1.67. The van der Waals surface area contributed by atoms with E-state index in [0.29, 0.717) is 18.7 Å². The number of ether oxygens (including phenoxy) is 1. The van der Waals surface area contributed by atoms with Gasteiger partial charge < -0.3 is 19.9 Å². The van der Waals surface area contributed by atoms with Gasteiger partial charge >= 0.3 is 0 Å². The molecule has 0 spiro atoms. The highest BCUT2D eigenvalue weighted by molar-refractivity contribution is 6.05. The zero-order chi connectivity index (χ0) is 24.4. The fraction of sp³-hybridized carbons (Fsp3) is 0.241. The van der Waals surface area contributed by atoms with Crippen LogP contribution in [0.2, 0.25) is 0 Å². The highest BCUT2D eigenvalue weighted by Gasteiger charge is 2.44. The Hall–Kier alpha value is -3.90. The van der Waals surface area contributed by atoms with E-state index in [4.69, 9.17) is 4.74 Å². The van der Waals surface area contributed by atoms with Gasteiger partial charge in [-0.3, -0.25) is 9.59 Å². The lowest BCUT2D eigenvalue weighted by molar-refractivity contribution is -0.119. The maximum atomic E-state index is 14.1. The van der Waals surface area contributed by atoms with E-state index >= 15 is 0 Å². The van der Waals surface area contributed by atoms with Crippen molar-refractivity contribution in [3.05, 3.63) is 101 Å². The van der Waals surface area contributed by atoms with Gasteiger partial charge in [-0.1, -0.05) is 61.5 Å². The average molecular weight is 468 g/mol. The number of benzene rings is 3. The number of carbonyl (C=O) groups excluding carboxylic acids is 2. The fourth-order valence-corrected chi connectivity index (χ4v) is 5.16. The fourth-order valence-electron chi connectivity index (χ4n) is 5.16. The van der Waals surface area contributed by atoms with Gasteiger partial charge in [-0.05, 0) is 35.7 Å². The van der Waals surface area contributed by atoms with Gasteiger partial charge in [0.25, 0.3) is 5.91 Å². The molecule has 2 atom stereocenters. The molecular formula is C29H29N3O3. The lowest BCUT2D eigenvalue weighted by Crippen LogP contribution is -2.47. The summed E-state index contributed by atoms with van der Waals surface area (Å²) in [5.74, 6) is -0.820. The molecule has 2 heterocycles. The molecule has 4 aromatic rings. The van der Waals surface area contributed by atoms with E-state index in [0.717, 1.165) is 39.7 Å². The topological polar surface area (TPSA) is 74.4 Å². The van der Waals surface area contributed by atoms with Gasteiger partial charge in [0.1, 0.15) is 0 Å². The van der Waals surface area contributed by atoms with E-state index in [9.17, 15) is 9.59 Å². The summed E-state index contributed by atoms with van der Waals surface area (Å²) < 4.78 is 5.35. The second-order valence-electron chi connectivity index (χ2n) is 8.79. The van der Waals surface area contributed by atoms with Crippen molar-refractivity contribution < 1.29 is 14.3 Å². The predicted octanol–water partition coefficient (Wildman–Crippen LogP) is 5.30. The van der Waals surface area contributed by atoms with Gasteiger partial charge in [0.2, 0.25) is 5.91 Å². The quantitative estimate of drug-likeness (QED) is 0.388. The first kappa shape index (κ1) is 22.9. The van der Waals surface area contributed by atoms with Crippen molar-refractivity contribution in [2.45, 2.75) is 25.3 Å². The summed E-state index contributed by atoms with van der Waals surface area (Å²) in [6.07, 6.45) is 2.73. The molecule has 0 aliphatic carbocycles. The highest BCUT2D eigenvalue weighted by Crippen LogP contribution is 2.45. The van der Waals surface area contributed by atoms with E-state index < -0.39 is 12.0 Å². The van der Waals surface area contributed by atoms with Gasteiger partial charge in [0.15, 0.2) is 0 Å². The Morgan fingerprint density at radius 2 is 1.74 bits per heavy atom. The van der Waals surface area contributed by atoms with Crippen molar-refractivity contribution in [2.24, 2.45) is 0 Å². The van der Waals surface area contributed by atoms with Crippen LogP contribution in [0.1, 0.15) is 45.9 Å². The lowest BCUT2D eigenvalue weighted by Gasteiger charge is -2.41. The number of carbonyl (C=O) groups is 2. The maximum absolute atomic E-state index is 14.1. The molecule has 178 valence electrons. The van der Waals surface area contributed by atoms with Crippen molar-refractivity contribution in [2.75, 3.05) is 25.6 Å². The number of methoxy groups -OCH3 is 1. The zero-order valence-electron chi connectivity index (χ0n) is 20.0. The maximum Gasteiger partial charge on any atom is 0.254 e. The number of H-pyrrole nitrogens is 1. The third kappa shape index (κ3) is 4.10. The molecule has 0 fully saturated rings. The molecule has 6 nitrogen and oxygen atoms in total. The molecule has 0 saturated heterocycles. The van der Waals surface area contributed by atoms with Crippen LogP contribution in [-0.2, 0) is 16.0 Å². The average Bonchev–Trinajstić information content (AvgIpc) is 3.32. The van der Waals surface area contributed by atoms with E-state index in [1.54, 1.807) is 12.0 Å². The summed E-state index contributed by atoms with van der Waals surface area (Å²) in [4.78, 5) is 32.9. The summed E-state index contributed by atoms with van der Waals surface area (Å²) in [5.41, 5.74) is 5.06. The van der Waals surface area contributed by atoms with Gasteiger partial charge in [-0.2, -0.15) is 0 Å². The zero-order valence-corrected chi connectivity index (χ0v) is 20.0. The van der Waals surface area contributed by atoms with E-state index in [1.807, 2.05) is 79.0 Å². The number of aromatic nitrogens is 1. The molecule has 0 bridgehead atoms. The van der Waals surface area contributed by atoms with Gasteiger partial charge in [-0.25, -0.2) is 0 Å². The number of aromatic amines is 1. The molecule has 3 aromatic carbocycles. The van der Waals surface area contributed by atoms with Crippen LogP contribution < -0.4 is 5.32 Å². The monoisotopic (exact) mass is 467 g/mol. The SMILES string of the molecule is CCc1ccccc1NC(=O)[C@@H]1c2ccccc2C(=O)N(CCOC)[C@H]1c1c[nH]c2ccccc12. The van der Waals surface area contributed by atoms with Crippen molar-refractivity contribution in [3.63, 3.8) is 0 Å². The number of para-hydroxylation sites is 2. The predicted molar refractivity (Wildman–Crippen MR) is 138 cm³/mol. The molecule has 2 amide bonds. The van der Waals surface area contributed by atoms with Crippen molar-refractivity contribution in [1.82, 2.24) is 9.88 Å². The summed E-state index contributed by atoms with van der Waals surface area (Å²) in [5, 5.41) is 4.18. The van der Waals surface area contributed by atoms with Crippen LogP contribution in [-0.4, -0.2) is 42.0 Å². The number of nitrogens with zero attached hydrogens (tertiary/aromatic N) is 1. The standard InChI is InChI=1S/C29H29N3O3/c1-3-19-10-4-8-14-24(19)31-28(33)26-21-12-5-6-13-22(21)29(34)32(16-17-35-2)27(26)23-18-30-25-15-9-7-11-20(23)25/h4-15,18,26-27,30H,3,16-17H2,1-2H3,(H,31,33)/t26-,27+/m1/s1. The first-order valence-corrected chi connectivity index (χ1v) is 12.0. The number of rotatable bonds is 7. The summed E-state index contributed by atoms with van der Waals surface area (Å²) in [6, 6.07) is 22.8. The van der Waals surface area contributed by atoms with Crippen LogP contribution in [0.4, 0.5) is 5.69 Å². The molecule has 6 heteroatoms. The largest absolute Gasteiger partial charge is 0.383 e. The molecule has 0 unspecified atom stereocenters. The first-order valence-electron chi connectivity index (χ1n) is 12.0. The number of hydrogen-bond acceptors (Lipinski definition) is 3. The van der Waals surface area contributed by atoms with Crippen LogP contribution in [0.5, 0.6) is 0 Å². The number of fused-ring (bicyclic) bond motifs is 2. The number of aryl methyl sites for hydroxylation is 1. The summed E-state index contributed by atoms with van der Waals surface area (Å²) in [7, 11) is 1.62. The Morgan fingerprint density at radius 1 is 1.00 bits per heavy atom. The minimum absolute atomic E-state index is 0.0917. The van der Waals surface area contributed by atoms with Crippen molar-refractivity contribution in [3.8, 4) is 0 Å². The van der Waals surface area contributed by atoms with Crippen LogP contribution in [0.15, 0.2) is 79.0 Å².